The maximum atomic E-state index is 5.99. The molecule has 0 saturated carbocycles. The highest BCUT2D eigenvalue weighted by atomic mass is 127. The molecule has 6 nitrogen and oxygen atoms in total. The van der Waals surface area contributed by atoms with Gasteiger partial charge in [0.05, 0.1) is 6.54 Å². The van der Waals surface area contributed by atoms with Crippen molar-refractivity contribution >= 4 is 47.2 Å². The largest absolute Gasteiger partial charge is 0.370 e. The van der Waals surface area contributed by atoms with Gasteiger partial charge < -0.3 is 15.6 Å². The van der Waals surface area contributed by atoms with Crippen LogP contribution in [-0.2, 0) is 19.3 Å². The Morgan fingerprint density at radius 3 is 2.75 bits per heavy atom. The molecule has 2 aromatic carbocycles. The van der Waals surface area contributed by atoms with E-state index in [9.17, 15) is 0 Å². The van der Waals surface area contributed by atoms with E-state index < -0.39 is 0 Å². The van der Waals surface area contributed by atoms with Crippen molar-refractivity contribution in [1.82, 2.24) is 10.1 Å². The van der Waals surface area contributed by atoms with Crippen LogP contribution in [0.25, 0.3) is 11.4 Å². The van der Waals surface area contributed by atoms with Crippen molar-refractivity contribution in [2.75, 3.05) is 11.9 Å². The maximum Gasteiger partial charge on any atom is 0.228 e. The van der Waals surface area contributed by atoms with Gasteiger partial charge in [0.25, 0.3) is 0 Å². The summed E-state index contributed by atoms with van der Waals surface area (Å²) in [5.41, 5.74) is 10.6. The van der Waals surface area contributed by atoms with Crippen LogP contribution >= 0.6 is 35.6 Å². The molecule has 0 aliphatic heterocycles. The van der Waals surface area contributed by atoms with Gasteiger partial charge in [0.2, 0.25) is 11.7 Å². The first-order valence-corrected chi connectivity index (χ1v) is 9.32. The van der Waals surface area contributed by atoms with Crippen LogP contribution in [0.1, 0.15) is 23.4 Å². The number of aromatic nitrogens is 2. The minimum absolute atomic E-state index is 0. The summed E-state index contributed by atoms with van der Waals surface area (Å²) < 4.78 is 5.28. The molecule has 8 heteroatoms. The Morgan fingerprint density at radius 1 is 1.14 bits per heavy atom. The topological polar surface area (TPSA) is 89.3 Å². The number of halogens is 2. The summed E-state index contributed by atoms with van der Waals surface area (Å²) in [6, 6.07) is 13.7. The van der Waals surface area contributed by atoms with Crippen LogP contribution in [0.15, 0.2) is 52.0 Å². The number of hydrogen-bond donors (Lipinski definition) is 2. The third-order valence-electron chi connectivity index (χ3n) is 4.55. The zero-order valence-corrected chi connectivity index (χ0v) is 18.3. The lowest BCUT2D eigenvalue weighted by molar-refractivity contribution is 0.380. The van der Waals surface area contributed by atoms with Crippen LogP contribution in [0, 0.1) is 0 Å². The fourth-order valence-corrected chi connectivity index (χ4v) is 3.31. The normalized spacial score (nSPS) is 13.1. The van der Waals surface area contributed by atoms with Gasteiger partial charge in [0, 0.05) is 22.7 Å². The highest BCUT2D eigenvalue weighted by Gasteiger charge is 2.11. The number of hydrogen-bond acceptors (Lipinski definition) is 4. The maximum absolute atomic E-state index is 5.99. The molecule has 28 heavy (non-hydrogen) atoms. The van der Waals surface area contributed by atoms with Gasteiger partial charge in [-0.2, -0.15) is 4.98 Å². The predicted octanol–water partition coefficient (Wildman–Crippen LogP) is 4.47. The van der Waals surface area contributed by atoms with Gasteiger partial charge in [-0.1, -0.05) is 22.8 Å². The molecule has 0 amide bonds. The Hall–Kier alpha value is -2.13. The quantitative estimate of drug-likeness (QED) is 0.301. The van der Waals surface area contributed by atoms with Gasteiger partial charge >= 0.3 is 0 Å². The van der Waals surface area contributed by atoms with Crippen molar-refractivity contribution in [3.8, 4) is 11.4 Å². The smallest absolute Gasteiger partial charge is 0.228 e. The number of nitrogens with one attached hydrogen (secondary N) is 1. The van der Waals surface area contributed by atoms with Crippen LogP contribution in [0.3, 0.4) is 0 Å². The first-order valence-electron chi connectivity index (χ1n) is 8.95. The number of aryl methyl sites for hydroxylation is 2. The number of fused-ring (bicyclic) bond motifs is 1. The Kier molecular flexibility index (Phi) is 6.90. The molecule has 1 aliphatic rings. The van der Waals surface area contributed by atoms with Crippen molar-refractivity contribution in [2.24, 2.45) is 10.7 Å². The minimum atomic E-state index is 0. The van der Waals surface area contributed by atoms with Gasteiger partial charge in [-0.05, 0) is 66.8 Å². The Morgan fingerprint density at radius 2 is 1.93 bits per heavy atom. The number of anilines is 1. The molecule has 4 rings (SSSR count). The van der Waals surface area contributed by atoms with Gasteiger partial charge in [-0.3, -0.25) is 4.99 Å². The zero-order valence-electron chi connectivity index (χ0n) is 15.2. The SMILES string of the molecule is I.NC(=NCCc1nc(-c2ccc(Cl)cc2)no1)Nc1ccc2c(c1)CCC2. The number of nitrogens with two attached hydrogens (primary N) is 1. The Balaban J connectivity index is 0.00000225. The van der Waals surface area contributed by atoms with Crippen molar-refractivity contribution in [3.05, 3.63) is 64.5 Å². The third-order valence-corrected chi connectivity index (χ3v) is 4.80. The number of benzene rings is 2. The van der Waals surface area contributed by atoms with Crippen LogP contribution in [0.5, 0.6) is 0 Å². The summed E-state index contributed by atoms with van der Waals surface area (Å²) in [5.74, 6) is 1.44. The highest BCUT2D eigenvalue weighted by molar-refractivity contribution is 14.0. The van der Waals surface area contributed by atoms with Crippen molar-refractivity contribution in [2.45, 2.75) is 25.7 Å². The summed E-state index contributed by atoms with van der Waals surface area (Å²) in [6.45, 7) is 0.464. The molecule has 0 atom stereocenters. The number of nitrogens with zero attached hydrogens (tertiary/aromatic N) is 3. The predicted molar refractivity (Wildman–Crippen MR) is 122 cm³/mol. The third kappa shape index (κ3) is 5.02. The molecule has 0 saturated heterocycles. The van der Waals surface area contributed by atoms with Gasteiger partial charge in [0.15, 0.2) is 5.96 Å². The van der Waals surface area contributed by atoms with E-state index in [1.54, 1.807) is 12.1 Å². The van der Waals surface area contributed by atoms with Gasteiger partial charge in [0.1, 0.15) is 0 Å². The number of aliphatic imine (C=N–C) groups is 1. The summed E-state index contributed by atoms with van der Waals surface area (Å²) in [5, 5.41) is 7.80. The lowest BCUT2D eigenvalue weighted by atomic mass is 10.1. The molecule has 1 aromatic heterocycles. The molecule has 0 bridgehead atoms. The molecular weight excluding hydrogens is 489 g/mol. The first kappa shape index (κ1) is 20.6. The molecule has 0 spiro atoms. The van der Waals surface area contributed by atoms with Crippen LogP contribution < -0.4 is 11.1 Å². The van der Waals surface area contributed by atoms with E-state index in [4.69, 9.17) is 21.9 Å². The summed E-state index contributed by atoms with van der Waals surface area (Å²) >= 11 is 5.89. The van der Waals surface area contributed by atoms with Crippen LogP contribution in [0.4, 0.5) is 5.69 Å². The average molecular weight is 510 g/mol. The molecule has 1 aliphatic carbocycles. The number of guanidine groups is 1. The van der Waals surface area contributed by atoms with Crippen molar-refractivity contribution < 1.29 is 4.52 Å². The fourth-order valence-electron chi connectivity index (χ4n) is 3.18. The van der Waals surface area contributed by atoms with E-state index >= 15 is 0 Å². The fraction of sp³-hybridized carbons (Fsp3) is 0.250. The summed E-state index contributed by atoms with van der Waals surface area (Å²) in [6.07, 6.45) is 4.05. The number of rotatable bonds is 5. The van der Waals surface area contributed by atoms with E-state index in [0.29, 0.717) is 35.7 Å². The van der Waals surface area contributed by atoms with E-state index in [-0.39, 0.29) is 24.0 Å². The second kappa shape index (κ2) is 9.38. The molecule has 0 fully saturated rings. The van der Waals surface area contributed by atoms with E-state index in [1.807, 2.05) is 18.2 Å². The molecule has 146 valence electrons. The Labute approximate surface area is 185 Å². The molecule has 3 aromatic rings. The highest BCUT2D eigenvalue weighted by Crippen LogP contribution is 2.24. The van der Waals surface area contributed by atoms with Crippen LogP contribution in [-0.4, -0.2) is 22.6 Å². The minimum Gasteiger partial charge on any atom is -0.370 e. The molecule has 0 radical (unpaired) electrons. The van der Waals surface area contributed by atoms with Crippen molar-refractivity contribution in [1.29, 1.82) is 0 Å². The second-order valence-corrected chi connectivity index (χ2v) is 6.93. The van der Waals surface area contributed by atoms with Crippen molar-refractivity contribution in [3.63, 3.8) is 0 Å². The summed E-state index contributed by atoms with van der Waals surface area (Å²) in [4.78, 5) is 8.72. The van der Waals surface area contributed by atoms with E-state index in [2.05, 4.69) is 32.6 Å². The van der Waals surface area contributed by atoms with Crippen LogP contribution in [0.2, 0.25) is 5.02 Å². The molecule has 3 N–H and O–H groups in total. The zero-order chi connectivity index (χ0) is 18.6. The lowest BCUT2D eigenvalue weighted by Crippen LogP contribution is -2.23. The monoisotopic (exact) mass is 509 g/mol. The van der Waals surface area contributed by atoms with Gasteiger partial charge in [-0.25, -0.2) is 0 Å². The summed E-state index contributed by atoms with van der Waals surface area (Å²) in [7, 11) is 0. The molecular formula is C20H21ClIN5O. The second-order valence-electron chi connectivity index (χ2n) is 6.50. The Bertz CT molecular complexity index is 971. The van der Waals surface area contributed by atoms with E-state index in [0.717, 1.165) is 17.7 Å². The lowest BCUT2D eigenvalue weighted by Gasteiger charge is -2.07. The van der Waals surface area contributed by atoms with E-state index in [1.165, 1.54) is 24.0 Å². The standard InChI is InChI=1S/C20H20ClN5O.HI/c21-16-7-4-14(5-8-16)19-25-18(27-26-19)10-11-23-20(22)24-17-9-6-13-2-1-3-15(13)12-17;/h4-9,12H,1-3,10-11H2,(H3,22,23,24);1H. The first-order chi connectivity index (χ1) is 13.2. The molecule has 1 heterocycles. The average Bonchev–Trinajstić information content (AvgIpc) is 3.31. The van der Waals surface area contributed by atoms with Gasteiger partial charge in [-0.15, -0.1) is 24.0 Å². The molecule has 0 unspecified atom stereocenters.